The van der Waals surface area contributed by atoms with Crippen LogP contribution in [0.2, 0.25) is 5.02 Å². The van der Waals surface area contributed by atoms with E-state index in [0.29, 0.717) is 5.56 Å². The third-order valence-electron chi connectivity index (χ3n) is 3.78. The highest BCUT2D eigenvalue weighted by atomic mass is 35.5. The molecule has 0 saturated heterocycles. The van der Waals surface area contributed by atoms with Crippen molar-refractivity contribution in [1.82, 2.24) is 5.32 Å². The molecule has 0 unspecified atom stereocenters. The molecular formula is C18H12ClF6NO3. The average molecular weight is 440 g/mol. The van der Waals surface area contributed by atoms with Crippen molar-refractivity contribution in [2.24, 2.45) is 0 Å². The van der Waals surface area contributed by atoms with Crippen LogP contribution in [0.15, 0.2) is 42.5 Å². The summed E-state index contributed by atoms with van der Waals surface area (Å²) in [4.78, 5) is 23.6. The van der Waals surface area contributed by atoms with Gasteiger partial charge in [-0.3, -0.25) is 4.79 Å². The number of aliphatic carboxylic acids is 1. The third kappa shape index (κ3) is 6.11. The van der Waals surface area contributed by atoms with E-state index in [-0.39, 0.29) is 29.6 Å². The molecule has 156 valence electrons. The average Bonchev–Trinajstić information content (AvgIpc) is 2.59. The number of alkyl halides is 6. The number of nitrogens with one attached hydrogen (secondary N) is 1. The van der Waals surface area contributed by atoms with Gasteiger partial charge in [0.25, 0.3) is 5.91 Å². The summed E-state index contributed by atoms with van der Waals surface area (Å²) in [5.41, 5.74) is -3.94. The predicted octanol–water partition coefficient (Wildman–Crippen LogP) is 4.80. The second-order valence-corrected chi connectivity index (χ2v) is 6.43. The molecule has 0 heterocycles. The molecule has 29 heavy (non-hydrogen) atoms. The van der Waals surface area contributed by atoms with Crippen LogP contribution in [-0.4, -0.2) is 23.0 Å². The van der Waals surface area contributed by atoms with Crippen molar-refractivity contribution < 1.29 is 41.0 Å². The standard InChI is InChI=1S/C18H12ClF6NO3/c19-13-3-1-2-9(4-13)5-14(16(28)29)26-15(27)10-6-11(17(20,21)22)8-12(7-10)18(23,24)25/h1-4,6-8,14H,5H2,(H,26,27)(H,28,29)/t14-/m0/s1. The van der Waals surface area contributed by atoms with Gasteiger partial charge in [-0.2, -0.15) is 26.3 Å². The minimum Gasteiger partial charge on any atom is -0.480 e. The van der Waals surface area contributed by atoms with Crippen LogP contribution in [0.3, 0.4) is 0 Å². The zero-order valence-electron chi connectivity index (χ0n) is 14.2. The molecule has 0 aromatic heterocycles. The quantitative estimate of drug-likeness (QED) is 0.657. The van der Waals surface area contributed by atoms with Gasteiger partial charge in [0.1, 0.15) is 6.04 Å². The highest BCUT2D eigenvalue weighted by molar-refractivity contribution is 6.30. The summed E-state index contributed by atoms with van der Waals surface area (Å²) in [6, 6.07) is 4.66. The molecule has 0 bridgehead atoms. The van der Waals surface area contributed by atoms with Gasteiger partial charge in [0.15, 0.2) is 0 Å². The number of benzene rings is 2. The number of carbonyl (C=O) groups is 2. The molecule has 0 aliphatic rings. The summed E-state index contributed by atoms with van der Waals surface area (Å²) in [6.45, 7) is 0. The van der Waals surface area contributed by atoms with Crippen LogP contribution >= 0.6 is 11.6 Å². The van der Waals surface area contributed by atoms with Gasteiger partial charge in [-0.25, -0.2) is 4.79 Å². The van der Waals surface area contributed by atoms with Crippen LogP contribution in [0.25, 0.3) is 0 Å². The van der Waals surface area contributed by atoms with E-state index in [1.807, 2.05) is 5.32 Å². The van der Waals surface area contributed by atoms with Crippen LogP contribution in [0.5, 0.6) is 0 Å². The maximum absolute atomic E-state index is 12.9. The van der Waals surface area contributed by atoms with Crippen molar-refractivity contribution in [1.29, 1.82) is 0 Å². The Kier molecular flexibility index (Phi) is 6.46. The largest absolute Gasteiger partial charge is 0.480 e. The molecule has 1 atom stereocenters. The Balaban J connectivity index is 2.35. The first-order valence-electron chi connectivity index (χ1n) is 7.85. The van der Waals surface area contributed by atoms with Crippen molar-refractivity contribution in [3.05, 3.63) is 69.7 Å². The number of halogens is 7. The summed E-state index contributed by atoms with van der Waals surface area (Å²) in [5.74, 6) is -2.92. The van der Waals surface area contributed by atoms with Gasteiger partial charge in [0, 0.05) is 17.0 Å². The van der Waals surface area contributed by atoms with Crippen molar-refractivity contribution in [3.8, 4) is 0 Å². The second kappa shape index (κ2) is 8.32. The highest BCUT2D eigenvalue weighted by Crippen LogP contribution is 2.36. The SMILES string of the molecule is O=C(N[C@@H](Cc1cccc(Cl)c1)C(=O)O)c1cc(C(F)(F)F)cc(C(F)(F)F)c1. The lowest BCUT2D eigenvalue weighted by molar-refractivity contribution is -0.143. The molecule has 0 radical (unpaired) electrons. The van der Waals surface area contributed by atoms with Crippen LogP contribution in [0, 0.1) is 0 Å². The number of hydrogen-bond acceptors (Lipinski definition) is 2. The molecule has 11 heteroatoms. The number of hydrogen-bond donors (Lipinski definition) is 2. The van der Waals surface area contributed by atoms with Gasteiger partial charge in [0.2, 0.25) is 0 Å². The summed E-state index contributed by atoms with van der Waals surface area (Å²) in [7, 11) is 0. The van der Waals surface area contributed by atoms with E-state index in [1.165, 1.54) is 24.3 Å². The minimum atomic E-state index is -5.14. The first kappa shape index (κ1) is 22.5. The van der Waals surface area contributed by atoms with E-state index >= 15 is 0 Å². The topological polar surface area (TPSA) is 66.4 Å². The van der Waals surface area contributed by atoms with E-state index in [9.17, 15) is 41.0 Å². The number of carboxylic acid groups (broad SMARTS) is 1. The van der Waals surface area contributed by atoms with Gasteiger partial charge in [-0.1, -0.05) is 23.7 Å². The Morgan fingerprint density at radius 1 is 0.966 bits per heavy atom. The molecular weight excluding hydrogens is 428 g/mol. The van der Waals surface area contributed by atoms with E-state index in [0.717, 1.165) is 0 Å². The summed E-state index contributed by atoms with van der Waals surface area (Å²) >= 11 is 5.78. The van der Waals surface area contributed by atoms with E-state index in [4.69, 9.17) is 11.6 Å². The number of carboxylic acids is 1. The van der Waals surface area contributed by atoms with Gasteiger partial charge in [0.05, 0.1) is 11.1 Å². The summed E-state index contributed by atoms with van der Waals surface area (Å²) in [5, 5.41) is 11.5. The zero-order valence-corrected chi connectivity index (χ0v) is 15.0. The first-order chi connectivity index (χ1) is 13.3. The van der Waals surface area contributed by atoms with Crippen molar-refractivity contribution in [2.45, 2.75) is 24.8 Å². The number of amides is 1. The fraction of sp³-hybridized carbons (Fsp3) is 0.222. The fourth-order valence-corrected chi connectivity index (χ4v) is 2.64. The molecule has 2 N–H and O–H groups in total. The van der Waals surface area contributed by atoms with Gasteiger partial charge in [-0.15, -0.1) is 0 Å². The summed E-state index contributed by atoms with van der Waals surface area (Å²) < 4.78 is 77.5. The molecule has 2 aromatic carbocycles. The Hall–Kier alpha value is -2.75. The molecule has 1 amide bonds. The Bertz CT molecular complexity index is 894. The maximum atomic E-state index is 12.9. The summed E-state index contributed by atoms with van der Waals surface area (Å²) in [6.07, 6.45) is -10.6. The van der Waals surface area contributed by atoms with Crippen molar-refractivity contribution in [3.63, 3.8) is 0 Å². The highest BCUT2D eigenvalue weighted by Gasteiger charge is 2.37. The minimum absolute atomic E-state index is 0.128. The first-order valence-corrected chi connectivity index (χ1v) is 8.23. The van der Waals surface area contributed by atoms with Gasteiger partial charge < -0.3 is 10.4 Å². The van der Waals surface area contributed by atoms with E-state index in [1.54, 1.807) is 0 Å². The number of carbonyl (C=O) groups excluding carboxylic acids is 1. The monoisotopic (exact) mass is 439 g/mol. The molecule has 0 spiro atoms. The van der Waals surface area contributed by atoms with E-state index in [2.05, 4.69) is 0 Å². The Labute approximate surface area is 165 Å². The van der Waals surface area contributed by atoms with Gasteiger partial charge in [-0.05, 0) is 35.9 Å². The van der Waals surface area contributed by atoms with Gasteiger partial charge >= 0.3 is 18.3 Å². The lowest BCUT2D eigenvalue weighted by Crippen LogP contribution is -2.42. The second-order valence-electron chi connectivity index (χ2n) is 5.99. The zero-order chi connectivity index (χ0) is 22.0. The fourth-order valence-electron chi connectivity index (χ4n) is 2.43. The third-order valence-corrected chi connectivity index (χ3v) is 4.02. The normalized spacial score (nSPS) is 13.1. The number of rotatable bonds is 5. The predicted molar refractivity (Wildman–Crippen MR) is 90.5 cm³/mol. The molecule has 2 rings (SSSR count). The van der Waals surface area contributed by atoms with Crippen molar-refractivity contribution >= 4 is 23.5 Å². The molecule has 0 aliphatic carbocycles. The van der Waals surface area contributed by atoms with Crippen LogP contribution in [0.4, 0.5) is 26.3 Å². The van der Waals surface area contributed by atoms with Crippen LogP contribution in [0.1, 0.15) is 27.0 Å². The molecule has 0 fully saturated rings. The van der Waals surface area contributed by atoms with Crippen LogP contribution in [-0.2, 0) is 23.6 Å². The molecule has 0 saturated carbocycles. The van der Waals surface area contributed by atoms with Crippen molar-refractivity contribution in [2.75, 3.05) is 0 Å². The smallest absolute Gasteiger partial charge is 0.416 e. The lowest BCUT2D eigenvalue weighted by Gasteiger charge is -2.17. The Morgan fingerprint density at radius 3 is 1.97 bits per heavy atom. The molecule has 0 aliphatic heterocycles. The molecule has 2 aromatic rings. The lowest BCUT2D eigenvalue weighted by atomic mass is 10.0. The van der Waals surface area contributed by atoms with E-state index < -0.39 is 47.0 Å². The Morgan fingerprint density at radius 2 is 1.52 bits per heavy atom. The van der Waals surface area contributed by atoms with Crippen LogP contribution < -0.4 is 5.32 Å². The maximum Gasteiger partial charge on any atom is 0.416 e. The molecule has 4 nitrogen and oxygen atoms in total.